The molecule has 5 heteroatoms. The Morgan fingerprint density at radius 3 is 2.43 bits per heavy atom. The standard InChI is InChI=1S/C16H22O4S/c1-3-20-15(19)16(14(17)18,10-11-21-4-2)12-13-8-6-5-7-9-13/h5-9H,3-4,10-12H2,1-2H3,(H,17,18). The smallest absolute Gasteiger partial charge is 0.323 e. The van der Waals surface area contributed by atoms with Crippen molar-refractivity contribution in [3.8, 4) is 0 Å². The van der Waals surface area contributed by atoms with Gasteiger partial charge in [-0.2, -0.15) is 11.8 Å². The molecule has 1 aromatic carbocycles. The third kappa shape index (κ3) is 4.77. The molecule has 1 N–H and O–H groups in total. The molecular weight excluding hydrogens is 288 g/mol. The molecule has 0 aliphatic carbocycles. The average Bonchev–Trinajstić information content (AvgIpc) is 2.47. The number of rotatable bonds is 9. The topological polar surface area (TPSA) is 63.6 Å². The molecule has 116 valence electrons. The van der Waals surface area contributed by atoms with Crippen molar-refractivity contribution in [1.82, 2.24) is 0 Å². The highest BCUT2D eigenvalue weighted by atomic mass is 32.2. The minimum atomic E-state index is -1.50. The van der Waals surface area contributed by atoms with Crippen LogP contribution in [0.2, 0.25) is 0 Å². The van der Waals surface area contributed by atoms with Gasteiger partial charge in [-0.3, -0.25) is 9.59 Å². The largest absolute Gasteiger partial charge is 0.480 e. The molecule has 0 spiro atoms. The SMILES string of the molecule is CCOC(=O)C(CCSCC)(Cc1ccccc1)C(=O)O. The summed E-state index contributed by atoms with van der Waals surface area (Å²) in [4.78, 5) is 24.1. The van der Waals surface area contributed by atoms with E-state index in [2.05, 4.69) is 0 Å². The van der Waals surface area contributed by atoms with Gasteiger partial charge in [0.25, 0.3) is 0 Å². The summed E-state index contributed by atoms with van der Waals surface area (Å²) in [5.74, 6) is -0.238. The lowest BCUT2D eigenvalue weighted by molar-refractivity contribution is -0.168. The summed E-state index contributed by atoms with van der Waals surface area (Å²) in [7, 11) is 0. The number of hydrogen-bond acceptors (Lipinski definition) is 4. The third-order valence-corrected chi connectivity index (χ3v) is 4.20. The van der Waals surface area contributed by atoms with E-state index in [-0.39, 0.29) is 19.4 Å². The Balaban J connectivity index is 3.04. The summed E-state index contributed by atoms with van der Waals surface area (Å²) in [6.45, 7) is 3.88. The summed E-state index contributed by atoms with van der Waals surface area (Å²) < 4.78 is 5.04. The molecule has 1 aromatic rings. The Labute approximate surface area is 129 Å². The number of aliphatic carboxylic acids is 1. The number of hydrogen-bond donors (Lipinski definition) is 1. The summed E-state index contributed by atoms with van der Waals surface area (Å²) in [6, 6.07) is 9.22. The first-order valence-electron chi connectivity index (χ1n) is 7.09. The number of carbonyl (C=O) groups is 2. The molecule has 0 bridgehead atoms. The van der Waals surface area contributed by atoms with Crippen LogP contribution in [0.1, 0.15) is 25.8 Å². The van der Waals surface area contributed by atoms with E-state index in [4.69, 9.17) is 4.74 Å². The Bertz CT molecular complexity index is 461. The fraction of sp³-hybridized carbons (Fsp3) is 0.500. The summed E-state index contributed by atoms with van der Waals surface area (Å²) in [5, 5.41) is 9.67. The second kappa shape index (κ2) is 8.72. The van der Waals surface area contributed by atoms with Crippen molar-refractivity contribution in [3.63, 3.8) is 0 Å². The van der Waals surface area contributed by atoms with Crippen LogP contribution in [-0.2, 0) is 20.7 Å². The number of ether oxygens (including phenoxy) is 1. The normalized spacial score (nSPS) is 13.4. The summed E-state index contributed by atoms with van der Waals surface area (Å²) >= 11 is 1.63. The van der Waals surface area contributed by atoms with E-state index in [9.17, 15) is 14.7 Å². The highest BCUT2D eigenvalue weighted by Gasteiger charge is 2.47. The maximum atomic E-state index is 12.3. The summed E-state index contributed by atoms with van der Waals surface area (Å²) in [5.41, 5.74) is -0.672. The zero-order valence-corrected chi connectivity index (χ0v) is 13.3. The quantitative estimate of drug-likeness (QED) is 0.431. The van der Waals surface area contributed by atoms with E-state index in [1.165, 1.54) is 0 Å². The van der Waals surface area contributed by atoms with Gasteiger partial charge < -0.3 is 9.84 Å². The minimum absolute atomic E-state index is 0.159. The van der Waals surface area contributed by atoms with Crippen LogP contribution in [0.3, 0.4) is 0 Å². The van der Waals surface area contributed by atoms with Crippen LogP contribution in [0.5, 0.6) is 0 Å². The van der Waals surface area contributed by atoms with Gasteiger partial charge in [-0.25, -0.2) is 0 Å². The van der Waals surface area contributed by atoms with Gasteiger partial charge in [0, 0.05) is 0 Å². The second-order valence-electron chi connectivity index (χ2n) is 4.72. The van der Waals surface area contributed by atoms with Crippen LogP contribution in [0.15, 0.2) is 30.3 Å². The average molecular weight is 310 g/mol. The highest BCUT2D eigenvalue weighted by Crippen LogP contribution is 2.31. The molecular formula is C16H22O4S. The molecule has 0 saturated heterocycles. The first-order valence-corrected chi connectivity index (χ1v) is 8.24. The van der Waals surface area contributed by atoms with Crippen molar-refractivity contribution < 1.29 is 19.4 Å². The van der Waals surface area contributed by atoms with Gasteiger partial charge in [-0.1, -0.05) is 37.3 Å². The Hall–Kier alpha value is -1.49. The monoisotopic (exact) mass is 310 g/mol. The van der Waals surface area contributed by atoms with E-state index >= 15 is 0 Å². The molecule has 0 heterocycles. The van der Waals surface area contributed by atoms with Gasteiger partial charge >= 0.3 is 11.9 Å². The third-order valence-electron chi connectivity index (χ3n) is 3.30. The molecule has 1 unspecified atom stereocenters. The second-order valence-corrected chi connectivity index (χ2v) is 6.11. The molecule has 0 aliphatic heterocycles. The fourth-order valence-corrected chi connectivity index (χ4v) is 2.92. The van der Waals surface area contributed by atoms with E-state index < -0.39 is 17.4 Å². The van der Waals surface area contributed by atoms with Crippen LogP contribution in [0.4, 0.5) is 0 Å². The van der Waals surface area contributed by atoms with Gasteiger partial charge in [0.05, 0.1) is 6.61 Å². The summed E-state index contributed by atoms with van der Waals surface area (Å²) in [6.07, 6.45) is 0.431. The molecule has 1 rings (SSSR count). The van der Waals surface area contributed by atoms with Gasteiger partial charge in [0.1, 0.15) is 0 Å². The van der Waals surface area contributed by atoms with Gasteiger partial charge in [0.2, 0.25) is 0 Å². The van der Waals surface area contributed by atoms with E-state index in [0.29, 0.717) is 5.75 Å². The lowest BCUT2D eigenvalue weighted by Crippen LogP contribution is -2.43. The molecule has 0 aliphatic rings. The van der Waals surface area contributed by atoms with Crippen molar-refractivity contribution >= 4 is 23.7 Å². The Morgan fingerprint density at radius 1 is 1.24 bits per heavy atom. The molecule has 0 saturated carbocycles. The highest BCUT2D eigenvalue weighted by molar-refractivity contribution is 7.99. The number of benzene rings is 1. The van der Waals surface area contributed by atoms with Crippen LogP contribution >= 0.6 is 11.8 Å². The molecule has 0 aromatic heterocycles. The van der Waals surface area contributed by atoms with Crippen LogP contribution in [0.25, 0.3) is 0 Å². The lowest BCUT2D eigenvalue weighted by atomic mass is 9.79. The van der Waals surface area contributed by atoms with Crippen molar-refractivity contribution in [2.24, 2.45) is 5.41 Å². The predicted molar refractivity (Wildman–Crippen MR) is 84.5 cm³/mol. The minimum Gasteiger partial charge on any atom is -0.480 e. The fourth-order valence-electron chi connectivity index (χ4n) is 2.14. The molecule has 0 radical (unpaired) electrons. The van der Waals surface area contributed by atoms with Gasteiger partial charge in [-0.05, 0) is 36.8 Å². The first kappa shape index (κ1) is 17.6. The van der Waals surface area contributed by atoms with E-state index in [1.54, 1.807) is 18.7 Å². The van der Waals surface area contributed by atoms with Crippen molar-refractivity contribution in [1.29, 1.82) is 0 Å². The number of esters is 1. The van der Waals surface area contributed by atoms with E-state index in [0.717, 1.165) is 11.3 Å². The maximum absolute atomic E-state index is 12.3. The molecule has 0 amide bonds. The van der Waals surface area contributed by atoms with Crippen LogP contribution in [0, 0.1) is 5.41 Å². The van der Waals surface area contributed by atoms with Crippen LogP contribution in [-0.4, -0.2) is 35.2 Å². The Kier molecular flexibility index (Phi) is 7.29. The number of carboxylic acids is 1. The number of carboxylic acid groups (broad SMARTS) is 1. The first-order chi connectivity index (χ1) is 10.1. The number of thioether (sulfide) groups is 1. The van der Waals surface area contributed by atoms with Gasteiger partial charge in [0.15, 0.2) is 5.41 Å². The maximum Gasteiger partial charge on any atom is 0.323 e. The van der Waals surface area contributed by atoms with Crippen molar-refractivity contribution in [2.75, 3.05) is 18.1 Å². The van der Waals surface area contributed by atoms with Crippen molar-refractivity contribution in [2.45, 2.75) is 26.7 Å². The molecule has 4 nitrogen and oxygen atoms in total. The molecule has 21 heavy (non-hydrogen) atoms. The molecule has 0 fully saturated rings. The Morgan fingerprint density at radius 2 is 1.90 bits per heavy atom. The zero-order valence-electron chi connectivity index (χ0n) is 12.5. The number of carbonyl (C=O) groups excluding carboxylic acids is 1. The lowest BCUT2D eigenvalue weighted by Gasteiger charge is -2.27. The van der Waals surface area contributed by atoms with Gasteiger partial charge in [-0.15, -0.1) is 0 Å². The van der Waals surface area contributed by atoms with Crippen LogP contribution < -0.4 is 0 Å². The predicted octanol–water partition coefficient (Wildman–Crippen LogP) is 3.01. The zero-order chi connectivity index (χ0) is 15.7. The molecule has 1 atom stereocenters. The van der Waals surface area contributed by atoms with Crippen molar-refractivity contribution in [3.05, 3.63) is 35.9 Å². The van der Waals surface area contributed by atoms with E-state index in [1.807, 2.05) is 37.3 Å².